The number of aromatic nitrogens is 4. The molecule has 0 aromatic carbocycles. The van der Waals surface area contributed by atoms with E-state index in [0.29, 0.717) is 0 Å². The fourth-order valence-electron chi connectivity index (χ4n) is 2.63. The van der Waals surface area contributed by atoms with E-state index in [1.165, 1.54) is 10.9 Å². The molecule has 0 bridgehead atoms. The predicted octanol–water partition coefficient (Wildman–Crippen LogP) is 0.153. The quantitative estimate of drug-likeness (QED) is 0.454. The zero-order chi connectivity index (χ0) is 18.2. The number of nitrogens with zero attached hydrogens (tertiary/aromatic N) is 4. The summed E-state index contributed by atoms with van der Waals surface area (Å²) in [6.07, 6.45) is 4.19. The Balaban J connectivity index is 1.91. The van der Waals surface area contributed by atoms with Crippen molar-refractivity contribution < 1.29 is 23.8 Å². The molecule has 2 aromatic rings. The van der Waals surface area contributed by atoms with Crippen molar-refractivity contribution in [2.75, 3.05) is 12.3 Å². The number of aliphatic hydroxyl groups is 1. The number of ether oxygens (including phenoxy) is 2. The van der Waals surface area contributed by atoms with Crippen LogP contribution in [-0.4, -0.2) is 48.9 Å². The highest BCUT2D eigenvalue weighted by molar-refractivity contribution is 5.81. The van der Waals surface area contributed by atoms with E-state index >= 15 is 0 Å². The predicted molar refractivity (Wildman–Crippen MR) is 83.3 cm³/mol. The van der Waals surface area contributed by atoms with Crippen molar-refractivity contribution >= 4 is 23.0 Å². The number of hydrogen-bond acceptors (Lipinski definition) is 8. The second kappa shape index (κ2) is 6.27. The fourth-order valence-corrected chi connectivity index (χ4v) is 2.63. The van der Waals surface area contributed by atoms with Gasteiger partial charge in [-0.05, 0) is 0 Å². The van der Waals surface area contributed by atoms with Crippen LogP contribution in [0.2, 0.25) is 0 Å². The number of carbonyl (C=O) groups excluding carboxylic acids is 1. The summed E-state index contributed by atoms with van der Waals surface area (Å²) in [4.78, 5) is 22.5. The van der Waals surface area contributed by atoms with Gasteiger partial charge >= 0.3 is 12.0 Å². The first-order valence-corrected chi connectivity index (χ1v) is 7.55. The molecular weight excluding hydrogens is 333 g/mol. The van der Waals surface area contributed by atoms with E-state index in [1.54, 1.807) is 6.92 Å². The van der Waals surface area contributed by atoms with Crippen LogP contribution in [0.15, 0.2) is 6.33 Å². The highest BCUT2D eigenvalue weighted by Crippen LogP contribution is 2.38. The van der Waals surface area contributed by atoms with Crippen molar-refractivity contribution in [3.8, 4) is 12.3 Å². The maximum Gasteiger partial charge on any atom is 0.312 e. The molecule has 0 aliphatic carbocycles. The number of rotatable bonds is 4. The summed E-state index contributed by atoms with van der Waals surface area (Å²) in [6.45, 7) is 1.34. The van der Waals surface area contributed by atoms with Gasteiger partial charge in [0.1, 0.15) is 18.9 Å². The van der Waals surface area contributed by atoms with E-state index in [2.05, 4.69) is 20.9 Å². The van der Waals surface area contributed by atoms with Crippen LogP contribution in [0, 0.1) is 18.4 Å². The van der Waals surface area contributed by atoms with Gasteiger partial charge in [0.15, 0.2) is 22.6 Å². The average Bonchev–Trinajstić information content (AvgIpc) is 3.14. The van der Waals surface area contributed by atoms with Crippen molar-refractivity contribution in [2.24, 2.45) is 0 Å². The second-order valence-electron chi connectivity index (χ2n) is 5.57. The molecule has 3 rings (SSSR count). The number of aliphatic hydroxyl groups excluding tert-OH is 1. The Morgan fingerprint density at radius 1 is 1.68 bits per heavy atom. The summed E-state index contributed by atoms with van der Waals surface area (Å²) in [6, 6.07) is 0. The van der Waals surface area contributed by atoms with E-state index < -0.39 is 30.0 Å². The highest BCUT2D eigenvalue weighted by atomic mass is 19.1. The molecule has 9 nitrogen and oxygen atoms in total. The van der Waals surface area contributed by atoms with Gasteiger partial charge in [-0.25, -0.2) is 4.98 Å². The molecule has 1 aliphatic heterocycles. The number of esters is 1. The molecule has 0 amide bonds. The molecule has 0 spiro atoms. The monoisotopic (exact) mass is 349 g/mol. The molecular formula is C15H16FN5O4. The van der Waals surface area contributed by atoms with Crippen molar-refractivity contribution in [1.29, 1.82) is 0 Å². The number of fused-ring (bicyclic) bond motifs is 1. The average molecular weight is 349 g/mol. The fraction of sp³-hybridized carbons (Fsp3) is 0.467. The summed E-state index contributed by atoms with van der Waals surface area (Å²) in [7, 11) is 0. The van der Waals surface area contributed by atoms with Crippen molar-refractivity contribution in [3.05, 3.63) is 12.4 Å². The molecule has 0 saturated carbocycles. The Kier molecular flexibility index (Phi) is 4.28. The van der Waals surface area contributed by atoms with Crippen LogP contribution in [0.4, 0.5) is 10.2 Å². The molecule has 3 heterocycles. The molecule has 1 fully saturated rings. The number of imidazole rings is 1. The lowest BCUT2D eigenvalue weighted by Crippen LogP contribution is -2.43. The standard InChI is InChI=1S/C15H16FN5O4/c1-3-10(23)24-6-15(4-2)8(22)5-9(25-15)21-7-18-11-12(17)19-14(16)20-13(11)21/h2,7-9,22H,3,5-6H2,1H3,(H2,17,19,20)/t8-,9+,15+/m0/s1. The lowest BCUT2D eigenvalue weighted by Gasteiger charge is -2.26. The highest BCUT2D eigenvalue weighted by Gasteiger charge is 2.49. The maximum atomic E-state index is 13.5. The molecule has 2 aromatic heterocycles. The van der Waals surface area contributed by atoms with Crippen LogP contribution in [0.3, 0.4) is 0 Å². The number of halogens is 1. The molecule has 132 valence electrons. The summed E-state index contributed by atoms with van der Waals surface area (Å²) in [5.74, 6) is 1.78. The van der Waals surface area contributed by atoms with Gasteiger partial charge in [-0.2, -0.15) is 14.4 Å². The lowest BCUT2D eigenvalue weighted by atomic mass is 9.99. The molecule has 3 N–H and O–H groups in total. The van der Waals surface area contributed by atoms with Gasteiger partial charge in [-0.1, -0.05) is 12.8 Å². The van der Waals surface area contributed by atoms with Crippen molar-refractivity contribution in [2.45, 2.75) is 37.7 Å². The molecule has 0 unspecified atom stereocenters. The minimum Gasteiger partial charge on any atom is -0.461 e. The minimum atomic E-state index is -1.51. The van der Waals surface area contributed by atoms with E-state index in [1.807, 2.05) is 0 Å². The first-order valence-electron chi connectivity index (χ1n) is 7.55. The van der Waals surface area contributed by atoms with Gasteiger partial charge in [0.25, 0.3) is 0 Å². The second-order valence-corrected chi connectivity index (χ2v) is 5.57. The van der Waals surface area contributed by atoms with E-state index in [9.17, 15) is 14.3 Å². The van der Waals surface area contributed by atoms with Gasteiger partial charge in [0.05, 0.1) is 6.33 Å². The van der Waals surface area contributed by atoms with Gasteiger partial charge in [0, 0.05) is 12.8 Å². The lowest BCUT2D eigenvalue weighted by molar-refractivity contribution is -0.155. The summed E-state index contributed by atoms with van der Waals surface area (Å²) >= 11 is 0. The van der Waals surface area contributed by atoms with Crippen LogP contribution in [0.5, 0.6) is 0 Å². The first kappa shape index (κ1) is 17.1. The van der Waals surface area contributed by atoms with Gasteiger partial charge in [-0.3, -0.25) is 9.36 Å². The van der Waals surface area contributed by atoms with E-state index in [0.717, 1.165) is 0 Å². The Bertz CT molecular complexity index is 863. The number of nitrogens with two attached hydrogens (primary N) is 1. The van der Waals surface area contributed by atoms with Crippen molar-refractivity contribution in [3.63, 3.8) is 0 Å². The maximum absolute atomic E-state index is 13.5. The largest absolute Gasteiger partial charge is 0.461 e. The third-order valence-corrected chi connectivity index (χ3v) is 4.02. The molecule has 0 radical (unpaired) electrons. The SMILES string of the molecule is C#C[C@]1(COC(=O)CC)O[C@@H](n2cnc3c(N)nc(F)nc32)C[C@@H]1O. The van der Waals surface area contributed by atoms with Crippen molar-refractivity contribution in [1.82, 2.24) is 19.5 Å². The smallest absolute Gasteiger partial charge is 0.312 e. The van der Waals surface area contributed by atoms with Crippen LogP contribution in [0.1, 0.15) is 26.0 Å². The third kappa shape index (κ3) is 2.88. The number of anilines is 1. The van der Waals surface area contributed by atoms with E-state index in [4.69, 9.17) is 21.6 Å². The van der Waals surface area contributed by atoms with Gasteiger partial charge in [0.2, 0.25) is 0 Å². The number of carbonyl (C=O) groups is 1. The topological polar surface area (TPSA) is 125 Å². The Hall–Kier alpha value is -2.77. The molecule has 3 atom stereocenters. The summed E-state index contributed by atoms with van der Waals surface area (Å²) < 4.78 is 25.7. The van der Waals surface area contributed by atoms with Crippen LogP contribution >= 0.6 is 0 Å². The molecule has 10 heteroatoms. The Morgan fingerprint density at radius 2 is 2.44 bits per heavy atom. The Morgan fingerprint density at radius 3 is 3.12 bits per heavy atom. The zero-order valence-electron chi connectivity index (χ0n) is 13.3. The number of hydrogen-bond donors (Lipinski definition) is 2. The van der Waals surface area contributed by atoms with Crippen LogP contribution in [-0.2, 0) is 14.3 Å². The normalized spacial score (nSPS) is 25.8. The summed E-state index contributed by atoms with van der Waals surface area (Å²) in [5, 5.41) is 10.4. The number of nitrogen functional groups attached to an aromatic ring is 1. The van der Waals surface area contributed by atoms with E-state index in [-0.39, 0.29) is 36.4 Å². The van der Waals surface area contributed by atoms with Gasteiger partial charge in [-0.15, -0.1) is 6.42 Å². The third-order valence-electron chi connectivity index (χ3n) is 4.02. The van der Waals surface area contributed by atoms with Crippen LogP contribution in [0.25, 0.3) is 11.2 Å². The Labute approximate surface area is 142 Å². The summed E-state index contributed by atoms with van der Waals surface area (Å²) in [5.41, 5.74) is 4.43. The van der Waals surface area contributed by atoms with Crippen LogP contribution < -0.4 is 5.73 Å². The minimum absolute atomic E-state index is 0.0743. The first-order chi connectivity index (χ1) is 11.9. The van der Waals surface area contributed by atoms with Gasteiger partial charge < -0.3 is 20.3 Å². The number of terminal acetylenes is 1. The zero-order valence-corrected chi connectivity index (χ0v) is 13.3. The molecule has 1 aliphatic rings. The molecule has 1 saturated heterocycles. The molecule has 25 heavy (non-hydrogen) atoms.